The summed E-state index contributed by atoms with van der Waals surface area (Å²) in [6.45, 7) is 7.21. The van der Waals surface area contributed by atoms with Gasteiger partial charge in [-0.2, -0.15) is 0 Å². The molecular weight excluding hydrogens is 262 g/mol. The van der Waals surface area contributed by atoms with E-state index in [1.807, 2.05) is 13.8 Å². The molecule has 1 rings (SSSR count). The number of carbonyl (C=O) groups is 2. The minimum atomic E-state index is -0.480. The third-order valence-corrected chi connectivity index (χ3v) is 4.19. The standard InChI is InChI=1S/C14H28N4O2/c1-14(2,11-10-17(4)8-9-18(11)5)13(20)16-7-6-12(19)15-3/h11H,6-10H2,1-5H3,(H,15,19)(H,16,20)/i3+1,6+1,12+1,15+1,16+1,17+1. The number of hydrogen-bond donors (Lipinski definition) is 2. The molecule has 1 heterocycles. The third-order valence-electron chi connectivity index (χ3n) is 4.19. The van der Waals surface area contributed by atoms with E-state index >= 15 is 0 Å². The highest BCUT2D eigenvalue weighted by molar-refractivity contribution is 5.83. The van der Waals surface area contributed by atoms with Crippen LogP contribution in [0.25, 0.3) is 0 Å². The smallest absolute Gasteiger partial charge is 0.227 e. The Morgan fingerprint density at radius 3 is 2.50 bits per heavy atom. The molecule has 0 aliphatic carbocycles. The van der Waals surface area contributed by atoms with Crippen molar-refractivity contribution in [1.82, 2.24) is 20.4 Å². The van der Waals surface area contributed by atoms with Crippen LogP contribution < -0.4 is 10.6 Å². The van der Waals surface area contributed by atoms with Crippen LogP contribution in [0, 0.1) is 5.41 Å². The number of piperazine rings is 1. The molecule has 1 unspecified atom stereocenters. The van der Waals surface area contributed by atoms with Gasteiger partial charge < -0.3 is 15.5 Å². The lowest BCUT2D eigenvalue weighted by Gasteiger charge is -2.45. The minimum Gasteiger partial charge on any atom is -0.359 e. The lowest BCUT2D eigenvalue weighted by molar-refractivity contribution is -0.134. The topological polar surface area (TPSA) is 64.7 Å². The number of likely N-dealkylation sites (N-methyl/N-ethyl adjacent to an activating group) is 2. The van der Waals surface area contributed by atoms with E-state index < -0.39 is 5.41 Å². The predicted molar refractivity (Wildman–Crippen MR) is 79.4 cm³/mol. The first kappa shape index (κ1) is 16.9. The Morgan fingerprint density at radius 1 is 1.25 bits per heavy atom. The number of nitrogens with one attached hydrogen (secondary N) is 2. The quantitative estimate of drug-likeness (QED) is 0.530. The van der Waals surface area contributed by atoms with Crippen molar-refractivity contribution in [3.63, 3.8) is 0 Å². The Hall–Kier alpha value is -1.14. The van der Waals surface area contributed by atoms with Crippen molar-refractivity contribution in [2.45, 2.75) is 26.3 Å². The predicted octanol–water partition coefficient (Wildman–Crippen LogP) is -0.489. The fourth-order valence-electron chi connectivity index (χ4n) is 2.58. The number of nitrogens with zero attached hydrogens (tertiary/aromatic N) is 2. The van der Waals surface area contributed by atoms with E-state index in [1.165, 1.54) is 0 Å². The number of amides is 2. The molecule has 1 aliphatic heterocycles. The van der Waals surface area contributed by atoms with Crippen molar-refractivity contribution >= 4 is 11.8 Å². The zero-order valence-corrected chi connectivity index (χ0v) is 13.3. The van der Waals surface area contributed by atoms with E-state index in [2.05, 4.69) is 34.5 Å². The van der Waals surface area contributed by atoms with Gasteiger partial charge in [0.05, 0.1) is 5.41 Å². The van der Waals surface area contributed by atoms with Gasteiger partial charge in [0.15, 0.2) is 0 Å². The summed E-state index contributed by atoms with van der Waals surface area (Å²) >= 11 is 0. The molecule has 2 N–H and O–H groups in total. The van der Waals surface area contributed by atoms with Crippen LogP contribution >= 0.6 is 0 Å². The van der Waals surface area contributed by atoms with Crippen LogP contribution in [0.1, 0.15) is 20.3 Å². The van der Waals surface area contributed by atoms with Crippen LogP contribution in [0.5, 0.6) is 0 Å². The van der Waals surface area contributed by atoms with Crippen LogP contribution in [0.2, 0.25) is 0 Å². The molecule has 0 bridgehead atoms. The van der Waals surface area contributed by atoms with Gasteiger partial charge in [0.25, 0.3) is 0 Å². The van der Waals surface area contributed by atoms with Crippen molar-refractivity contribution in [3.8, 4) is 0 Å². The molecule has 0 radical (unpaired) electrons. The van der Waals surface area contributed by atoms with Crippen LogP contribution in [-0.2, 0) is 9.59 Å². The second-order valence-electron chi connectivity index (χ2n) is 6.16. The molecule has 0 aromatic carbocycles. The Balaban J connectivity index is 2.57. The SMILES string of the molecule is CN1CC[15N](C)CC1C(C)(C)C(=O)[15NH]C[13CH2][13C](=O)[15NH][13CH3]. The van der Waals surface area contributed by atoms with E-state index in [-0.39, 0.29) is 17.9 Å². The van der Waals surface area contributed by atoms with Gasteiger partial charge in [0.1, 0.15) is 0 Å². The van der Waals surface area contributed by atoms with Crippen molar-refractivity contribution in [2.75, 3.05) is 47.3 Å². The van der Waals surface area contributed by atoms with Gasteiger partial charge in [-0.25, -0.2) is 0 Å². The maximum absolute atomic E-state index is 12.4. The Bertz CT molecular complexity index is 357. The molecule has 116 valence electrons. The van der Waals surface area contributed by atoms with E-state index in [0.29, 0.717) is 13.0 Å². The number of carbonyl (C=O) groups excluding carboxylic acids is 2. The average Bonchev–Trinajstić information content (AvgIpc) is 2.40. The summed E-state index contributed by atoms with van der Waals surface area (Å²) in [6, 6.07) is 0.182. The summed E-state index contributed by atoms with van der Waals surface area (Å²) in [4.78, 5) is 28.1. The highest BCUT2D eigenvalue weighted by Gasteiger charge is 2.41. The van der Waals surface area contributed by atoms with Gasteiger partial charge in [-0.05, 0) is 27.9 Å². The molecule has 20 heavy (non-hydrogen) atoms. The van der Waals surface area contributed by atoms with Crippen LogP contribution in [0.15, 0.2) is 0 Å². The van der Waals surface area contributed by atoms with E-state index in [1.54, 1.807) is 7.05 Å². The largest absolute Gasteiger partial charge is 0.359 e. The lowest BCUT2D eigenvalue weighted by Crippen LogP contribution is -2.60. The fourth-order valence-corrected chi connectivity index (χ4v) is 2.58. The molecular formula is C14H28N4O2. The van der Waals surface area contributed by atoms with Crippen LogP contribution in [-0.4, -0.2) is 75.0 Å². The monoisotopic (exact) mass is 290 g/mol. The second-order valence-corrected chi connectivity index (χ2v) is 6.16. The molecule has 1 atom stereocenters. The molecule has 0 aromatic heterocycles. The van der Waals surface area contributed by atoms with Crippen molar-refractivity contribution in [3.05, 3.63) is 0 Å². The first-order chi connectivity index (χ1) is 9.28. The zero-order valence-electron chi connectivity index (χ0n) is 13.3. The van der Waals surface area contributed by atoms with E-state index in [4.69, 9.17) is 0 Å². The van der Waals surface area contributed by atoms with Crippen molar-refractivity contribution < 1.29 is 9.59 Å². The Kier molecular flexibility index (Phi) is 5.95. The van der Waals surface area contributed by atoms with Gasteiger partial charge in [-0.3, -0.25) is 14.5 Å². The van der Waals surface area contributed by atoms with E-state index in [0.717, 1.165) is 19.6 Å². The Morgan fingerprint density at radius 2 is 1.90 bits per heavy atom. The van der Waals surface area contributed by atoms with Crippen LogP contribution in [0.3, 0.4) is 0 Å². The first-order valence-corrected chi connectivity index (χ1v) is 7.16. The Labute approximate surface area is 121 Å². The maximum Gasteiger partial charge on any atom is 0.227 e. The first-order valence-electron chi connectivity index (χ1n) is 7.16. The lowest BCUT2D eigenvalue weighted by atomic mass is 9.82. The molecule has 1 aliphatic rings. The highest BCUT2D eigenvalue weighted by Crippen LogP contribution is 2.27. The summed E-state index contributed by atoms with van der Waals surface area (Å²) in [7, 11) is 5.75. The fraction of sp³-hybridized carbons (Fsp3) is 0.857. The molecule has 6 heteroatoms. The van der Waals surface area contributed by atoms with Gasteiger partial charge in [0, 0.05) is 45.7 Å². The molecule has 6 nitrogen and oxygen atoms in total. The summed E-state index contributed by atoms with van der Waals surface area (Å²) in [5.41, 5.74) is -0.480. The highest BCUT2D eigenvalue weighted by atomic mass is 16.3. The van der Waals surface area contributed by atoms with Crippen molar-refractivity contribution in [1.29, 1.82) is 0 Å². The molecule has 2 amide bonds. The summed E-state index contributed by atoms with van der Waals surface area (Å²) in [5, 5.41) is 5.42. The number of hydrogen-bond acceptors (Lipinski definition) is 4. The molecule has 0 aromatic rings. The normalized spacial score (nSPS) is 21.6. The third kappa shape index (κ3) is 4.18. The summed E-state index contributed by atoms with van der Waals surface area (Å²) < 4.78 is 0. The second kappa shape index (κ2) is 7.04. The average molecular weight is 290 g/mol. The summed E-state index contributed by atoms with van der Waals surface area (Å²) in [6.07, 6.45) is 0.318. The zero-order chi connectivity index (χ0) is 15.3. The van der Waals surface area contributed by atoms with Gasteiger partial charge in [-0.1, -0.05) is 0 Å². The van der Waals surface area contributed by atoms with Crippen LogP contribution in [0.4, 0.5) is 0 Å². The van der Waals surface area contributed by atoms with Crippen molar-refractivity contribution in [2.24, 2.45) is 5.41 Å². The van der Waals surface area contributed by atoms with E-state index in [9.17, 15) is 9.59 Å². The maximum atomic E-state index is 12.4. The number of rotatable bonds is 5. The molecule has 1 saturated heterocycles. The van der Waals surface area contributed by atoms with Gasteiger partial charge in [0.2, 0.25) is 11.8 Å². The minimum absolute atomic E-state index is 0.00792. The summed E-state index contributed by atoms with van der Waals surface area (Å²) in [5.74, 6) is -0.0498. The molecule has 1 fully saturated rings. The van der Waals surface area contributed by atoms with Gasteiger partial charge in [-0.15, -0.1) is 0 Å². The molecule has 0 saturated carbocycles. The molecule has 0 spiro atoms. The van der Waals surface area contributed by atoms with Gasteiger partial charge >= 0.3 is 0 Å².